The summed E-state index contributed by atoms with van der Waals surface area (Å²) < 4.78 is 27.0. The van der Waals surface area contributed by atoms with Crippen molar-refractivity contribution in [2.24, 2.45) is 5.73 Å². The molecule has 2 atom stereocenters. The van der Waals surface area contributed by atoms with Gasteiger partial charge in [0.25, 0.3) is 0 Å². The first kappa shape index (κ1) is 13.4. The monoisotopic (exact) mass is 247 g/mol. The van der Waals surface area contributed by atoms with Gasteiger partial charge in [0.15, 0.2) is 0 Å². The predicted molar refractivity (Wildman–Crippen MR) is 61.2 cm³/mol. The van der Waals surface area contributed by atoms with E-state index in [1.165, 1.54) is 12.1 Å². The smallest absolute Gasteiger partial charge is 0.140 e. The Morgan fingerprint density at radius 3 is 2.19 bits per heavy atom. The summed E-state index contributed by atoms with van der Waals surface area (Å²) in [4.78, 5) is -0.0643. The van der Waals surface area contributed by atoms with Gasteiger partial charge in [-0.2, -0.15) is 0 Å². The molecular weight excluding hydrogens is 232 g/mol. The Morgan fingerprint density at radius 1 is 1.31 bits per heavy atom. The average molecular weight is 247 g/mol. The Balaban J connectivity index is 2.96. The van der Waals surface area contributed by atoms with E-state index in [0.29, 0.717) is 5.56 Å². The molecule has 0 amide bonds. The van der Waals surface area contributed by atoms with E-state index in [9.17, 15) is 13.9 Å². The van der Waals surface area contributed by atoms with Crippen molar-refractivity contribution >= 4 is 11.8 Å². The first-order chi connectivity index (χ1) is 7.45. The fraction of sp³-hybridized carbons (Fsp3) is 0.455. The molecule has 5 heteroatoms. The fourth-order valence-corrected chi connectivity index (χ4v) is 2.04. The van der Waals surface area contributed by atoms with E-state index in [2.05, 4.69) is 0 Å². The van der Waals surface area contributed by atoms with Gasteiger partial charge in [0.05, 0.1) is 11.0 Å². The van der Waals surface area contributed by atoms with Crippen LogP contribution in [0.25, 0.3) is 0 Å². The van der Waals surface area contributed by atoms with Gasteiger partial charge in [-0.3, -0.25) is 0 Å². The van der Waals surface area contributed by atoms with Crippen molar-refractivity contribution in [1.29, 1.82) is 0 Å². The van der Waals surface area contributed by atoms with Gasteiger partial charge < -0.3 is 10.8 Å². The van der Waals surface area contributed by atoms with Gasteiger partial charge in [0.1, 0.15) is 11.6 Å². The van der Waals surface area contributed by atoms with Crippen molar-refractivity contribution in [2.75, 3.05) is 0 Å². The van der Waals surface area contributed by atoms with E-state index in [1.807, 2.05) is 0 Å². The molecule has 2 nitrogen and oxygen atoms in total. The largest absolute Gasteiger partial charge is 0.392 e. The van der Waals surface area contributed by atoms with E-state index in [-0.39, 0.29) is 16.7 Å². The van der Waals surface area contributed by atoms with Crippen LogP contribution in [0.4, 0.5) is 8.78 Å². The zero-order valence-electron chi connectivity index (χ0n) is 9.21. The molecule has 3 N–H and O–H groups in total. The molecule has 0 aromatic heterocycles. The molecule has 2 unspecified atom stereocenters. The van der Waals surface area contributed by atoms with Crippen LogP contribution in [-0.4, -0.2) is 16.5 Å². The number of nitrogens with two attached hydrogens (primary N) is 1. The Hall–Kier alpha value is -0.650. The van der Waals surface area contributed by atoms with E-state index in [0.717, 1.165) is 11.8 Å². The average Bonchev–Trinajstić information content (AvgIpc) is 2.22. The minimum Gasteiger partial charge on any atom is -0.392 e. The molecule has 1 aromatic rings. The number of halogens is 2. The first-order valence-electron chi connectivity index (χ1n) is 4.98. The topological polar surface area (TPSA) is 46.2 Å². The predicted octanol–water partition coefficient (Wildman–Crippen LogP) is 2.28. The third-order valence-electron chi connectivity index (χ3n) is 2.28. The zero-order chi connectivity index (χ0) is 12.3. The molecule has 0 heterocycles. The molecule has 1 rings (SSSR count). The van der Waals surface area contributed by atoms with Crippen LogP contribution in [-0.2, 0) is 6.54 Å². The number of aliphatic hydroxyl groups excluding tert-OH is 1. The summed E-state index contributed by atoms with van der Waals surface area (Å²) in [6, 6.07) is 2.44. The summed E-state index contributed by atoms with van der Waals surface area (Å²) in [5.41, 5.74) is 5.73. The number of benzene rings is 1. The van der Waals surface area contributed by atoms with Gasteiger partial charge >= 0.3 is 0 Å². The maximum atomic E-state index is 13.5. The normalized spacial score (nSPS) is 14.9. The van der Waals surface area contributed by atoms with Crippen LogP contribution in [0.1, 0.15) is 19.4 Å². The highest BCUT2D eigenvalue weighted by atomic mass is 32.2. The van der Waals surface area contributed by atoms with Crippen LogP contribution in [0.3, 0.4) is 0 Å². The van der Waals surface area contributed by atoms with E-state index in [1.54, 1.807) is 13.8 Å². The van der Waals surface area contributed by atoms with Crippen LogP contribution in [0.2, 0.25) is 0 Å². The Morgan fingerprint density at radius 2 is 1.81 bits per heavy atom. The third-order valence-corrected chi connectivity index (χ3v) is 3.67. The second kappa shape index (κ2) is 5.61. The quantitative estimate of drug-likeness (QED) is 0.802. The lowest BCUT2D eigenvalue weighted by Crippen LogP contribution is -2.15. The van der Waals surface area contributed by atoms with Crippen LogP contribution < -0.4 is 5.73 Å². The molecule has 1 aromatic carbocycles. The number of aliphatic hydroxyl groups is 1. The number of hydrogen-bond donors (Lipinski definition) is 2. The van der Waals surface area contributed by atoms with Gasteiger partial charge in [-0.1, -0.05) is 6.92 Å². The van der Waals surface area contributed by atoms with Crippen molar-refractivity contribution < 1.29 is 13.9 Å². The standard InChI is InChI=1S/C11H15F2NOS/c1-6(15)7(2)16-11-9(12)3-8(5-14)4-10(11)13/h3-4,6-7,15H,5,14H2,1-2H3. The minimum atomic E-state index is -0.627. The summed E-state index contributed by atoms with van der Waals surface area (Å²) in [6.45, 7) is 3.40. The molecule has 16 heavy (non-hydrogen) atoms. The van der Waals surface area contributed by atoms with Crippen molar-refractivity contribution in [3.05, 3.63) is 29.3 Å². The lowest BCUT2D eigenvalue weighted by atomic mass is 10.2. The molecule has 0 aliphatic rings. The second-order valence-electron chi connectivity index (χ2n) is 3.66. The van der Waals surface area contributed by atoms with Gasteiger partial charge in [0.2, 0.25) is 0 Å². The molecular formula is C11H15F2NOS. The summed E-state index contributed by atoms with van der Waals surface area (Å²) in [5.74, 6) is -1.25. The van der Waals surface area contributed by atoms with Crippen molar-refractivity contribution in [2.45, 2.75) is 36.6 Å². The highest BCUT2D eigenvalue weighted by Gasteiger charge is 2.17. The Bertz CT molecular complexity index is 348. The third kappa shape index (κ3) is 3.17. The molecule has 0 fully saturated rings. The molecule has 0 saturated carbocycles. The fourth-order valence-electron chi connectivity index (χ4n) is 1.13. The van der Waals surface area contributed by atoms with Crippen LogP contribution >= 0.6 is 11.8 Å². The van der Waals surface area contributed by atoms with Crippen molar-refractivity contribution in [3.63, 3.8) is 0 Å². The van der Waals surface area contributed by atoms with Gasteiger partial charge in [0, 0.05) is 11.8 Å². The Labute approximate surface area is 97.8 Å². The molecule has 0 aliphatic heterocycles. The molecule has 0 aliphatic carbocycles. The molecule has 0 bridgehead atoms. The van der Waals surface area contributed by atoms with Crippen LogP contribution in [0.5, 0.6) is 0 Å². The number of thioether (sulfide) groups is 1. The highest BCUT2D eigenvalue weighted by Crippen LogP contribution is 2.30. The molecule has 90 valence electrons. The van der Waals surface area contributed by atoms with Crippen LogP contribution in [0.15, 0.2) is 17.0 Å². The van der Waals surface area contributed by atoms with E-state index >= 15 is 0 Å². The van der Waals surface area contributed by atoms with E-state index < -0.39 is 17.7 Å². The summed E-state index contributed by atoms with van der Waals surface area (Å²) in [6.07, 6.45) is -0.627. The van der Waals surface area contributed by atoms with Gasteiger partial charge in [-0.25, -0.2) is 8.78 Å². The number of rotatable bonds is 4. The lowest BCUT2D eigenvalue weighted by molar-refractivity contribution is 0.196. The summed E-state index contributed by atoms with van der Waals surface area (Å²) in [5, 5.41) is 9.01. The Kier molecular flexibility index (Phi) is 4.70. The maximum Gasteiger partial charge on any atom is 0.140 e. The highest BCUT2D eigenvalue weighted by molar-refractivity contribution is 8.00. The number of hydrogen-bond acceptors (Lipinski definition) is 3. The zero-order valence-corrected chi connectivity index (χ0v) is 10.0. The SMILES string of the molecule is CC(O)C(C)Sc1c(F)cc(CN)cc1F. The van der Waals surface area contributed by atoms with Gasteiger partial charge in [-0.15, -0.1) is 11.8 Å². The minimum absolute atomic E-state index is 0.0643. The molecule has 0 saturated heterocycles. The molecule has 0 radical (unpaired) electrons. The molecule has 0 spiro atoms. The van der Waals surface area contributed by atoms with Gasteiger partial charge in [-0.05, 0) is 24.6 Å². The summed E-state index contributed by atoms with van der Waals surface area (Å²) in [7, 11) is 0. The van der Waals surface area contributed by atoms with E-state index in [4.69, 9.17) is 5.73 Å². The second-order valence-corrected chi connectivity index (χ2v) is 5.04. The first-order valence-corrected chi connectivity index (χ1v) is 5.86. The summed E-state index contributed by atoms with van der Waals surface area (Å²) >= 11 is 0.983. The maximum absolute atomic E-state index is 13.5. The lowest BCUT2D eigenvalue weighted by Gasteiger charge is -2.15. The van der Waals surface area contributed by atoms with Crippen molar-refractivity contribution in [3.8, 4) is 0 Å². The van der Waals surface area contributed by atoms with Crippen LogP contribution in [0, 0.1) is 11.6 Å². The van der Waals surface area contributed by atoms with Crippen molar-refractivity contribution in [1.82, 2.24) is 0 Å².